The molecule has 1 fully saturated rings. The Hall–Kier alpha value is -1.42. The van der Waals surface area contributed by atoms with Gasteiger partial charge in [0.25, 0.3) is 0 Å². The van der Waals surface area contributed by atoms with Crippen molar-refractivity contribution in [2.24, 2.45) is 0 Å². The number of sulfonamides is 1. The molecule has 0 saturated carbocycles. The Balaban J connectivity index is 2.49. The second kappa shape index (κ2) is 5.70. The van der Waals surface area contributed by atoms with Crippen molar-refractivity contribution in [2.75, 3.05) is 19.7 Å². The average molecular weight is 283 g/mol. The maximum atomic E-state index is 13.2. The number of hydrogen-bond acceptors (Lipinski definition) is 3. The third kappa shape index (κ3) is 2.95. The molecule has 1 N–H and O–H groups in total. The van der Waals surface area contributed by atoms with E-state index in [4.69, 9.17) is 5.11 Å². The van der Waals surface area contributed by atoms with Crippen LogP contribution in [0.5, 0.6) is 0 Å². The van der Waals surface area contributed by atoms with Crippen molar-refractivity contribution in [1.29, 1.82) is 0 Å². The van der Waals surface area contributed by atoms with Gasteiger partial charge in [-0.3, -0.25) is 0 Å². The number of halogens is 1. The number of rotatable bonds is 2. The molecule has 2 rings (SSSR count). The summed E-state index contributed by atoms with van der Waals surface area (Å²) < 4.78 is 39.4. The predicted octanol–water partition coefficient (Wildman–Crippen LogP) is 0.954. The molecule has 0 bridgehead atoms. The molecule has 0 radical (unpaired) electrons. The monoisotopic (exact) mass is 283 g/mol. The van der Waals surface area contributed by atoms with E-state index >= 15 is 0 Å². The molecule has 0 spiro atoms. The third-order valence-corrected chi connectivity index (χ3v) is 4.88. The van der Waals surface area contributed by atoms with Crippen LogP contribution in [0.3, 0.4) is 0 Å². The minimum atomic E-state index is -3.63. The van der Waals surface area contributed by atoms with E-state index in [1.807, 2.05) is 0 Å². The molecule has 0 aliphatic carbocycles. The van der Waals surface area contributed by atoms with Crippen molar-refractivity contribution < 1.29 is 17.9 Å². The number of aliphatic hydroxyl groups excluding tert-OH is 1. The van der Waals surface area contributed by atoms with Crippen molar-refractivity contribution in [1.82, 2.24) is 4.31 Å². The SMILES string of the molecule is O=S(=O)(c1ccc(F)cc1C#CCO)N1CCCC1. The van der Waals surface area contributed by atoms with Gasteiger partial charge < -0.3 is 5.11 Å². The molecule has 1 aliphatic rings. The first-order valence-corrected chi connectivity index (χ1v) is 7.39. The van der Waals surface area contributed by atoms with E-state index in [9.17, 15) is 12.8 Å². The first kappa shape index (κ1) is 14.0. The molecule has 0 unspecified atom stereocenters. The van der Waals surface area contributed by atoms with Gasteiger partial charge >= 0.3 is 0 Å². The van der Waals surface area contributed by atoms with Crippen LogP contribution in [-0.4, -0.2) is 37.5 Å². The van der Waals surface area contributed by atoms with Crippen LogP contribution in [0.1, 0.15) is 18.4 Å². The summed E-state index contributed by atoms with van der Waals surface area (Å²) in [5.41, 5.74) is 0.0842. The summed E-state index contributed by atoms with van der Waals surface area (Å²) in [4.78, 5) is -0.00301. The Morgan fingerprint density at radius 1 is 1.32 bits per heavy atom. The normalized spacial score (nSPS) is 16.1. The zero-order valence-electron chi connectivity index (χ0n) is 10.3. The van der Waals surface area contributed by atoms with Gasteiger partial charge in [-0.25, -0.2) is 12.8 Å². The van der Waals surface area contributed by atoms with E-state index in [2.05, 4.69) is 11.8 Å². The lowest BCUT2D eigenvalue weighted by atomic mass is 10.2. The van der Waals surface area contributed by atoms with Gasteiger partial charge in [0.1, 0.15) is 12.4 Å². The Kier molecular flexibility index (Phi) is 4.20. The molecular formula is C13H14FNO3S. The predicted molar refractivity (Wildman–Crippen MR) is 68.4 cm³/mol. The summed E-state index contributed by atoms with van der Waals surface area (Å²) in [6.45, 7) is 0.554. The minimum Gasteiger partial charge on any atom is -0.384 e. The smallest absolute Gasteiger partial charge is 0.244 e. The summed E-state index contributed by atoms with van der Waals surface area (Å²) >= 11 is 0. The molecule has 0 amide bonds. The van der Waals surface area contributed by atoms with Crippen LogP contribution in [0.15, 0.2) is 23.1 Å². The molecule has 102 valence electrons. The van der Waals surface area contributed by atoms with E-state index in [0.717, 1.165) is 25.0 Å². The lowest BCUT2D eigenvalue weighted by molar-refractivity contribution is 0.350. The first-order valence-electron chi connectivity index (χ1n) is 5.95. The molecule has 1 aliphatic heterocycles. The molecule has 0 atom stereocenters. The largest absolute Gasteiger partial charge is 0.384 e. The van der Waals surface area contributed by atoms with Crippen molar-refractivity contribution in [3.63, 3.8) is 0 Å². The average Bonchev–Trinajstić information content (AvgIpc) is 2.90. The van der Waals surface area contributed by atoms with Crippen LogP contribution in [0, 0.1) is 17.7 Å². The number of benzene rings is 1. The Labute approximate surface area is 111 Å². The van der Waals surface area contributed by atoms with E-state index in [0.29, 0.717) is 13.1 Å². The summed E-state index contributed by atoms with van der Waals surface area (Å²) in [5.74, 6) is 4.29. The zero-order valence-corrected chi connectivity index (χ0v) is 11.1. The third-order valence-electron chi connectivity index (χ3n) is 2.93. The van der Waals surface area contributed by atoms with Crippen LogP contribution in [0.25, 0.3) is 0 Å². The number of aliphatic hydroxyl groups is 1. The van der Waals surface area contributed by atoms with Gasteiger partial charge in [0.15, 0.2) is 0 Å². The van der Waals surface area contributed by atoms with Crippen molar-refractivity contribution in [3.05, 3.63) is 29.6 Å². The van der Waals surface area contributed by atoms with Crippen LogP contribution in [-0.2, 0) is 10.0 Å². The summed E-state index contributed by atoms with van der Waals surface area (Å²) in [7, 11) is -3.63. The molecule has 1 saturated heterocycles. The van der Waals surface area contributed by atoms with Crippen LogP contribution in [0.2, 0.25) is 0 Å². The molecule has 4 nitrogen and oxygen atoms in total. The van der Waals surface area contributed by atoms with E-state index < -0.39 is 22.4 Å². The Morgan fingerprint density at radius 2 is 2.00 bits per heavy atom. The van der Waals surface area contributed by atoms with Gasteiger partial charge in [-0.05, 0) is 31.0 Å². The van der Waals surface area contributed by atoms with Gasteiger partial charge in [-0.15, -0.1) is 0 Å². The Bertz CT molecular complexity index is 625. The molecular weight excluding hydrogens is 269 g/mol. The molecule has 1 aromatic carbocycles. The van der Waals surface area contributed by atoms with Crippen molar-refractivity contribution in [3.8, 4) is 11.8 Å². The standard InChI is InChI=1S/C13H14FNO3S/c14-12-5-6-13(11(10-12)4-3-9-16)19(17,18)15-7-1-2-8-15/h5-6,10,16H,1-2,7-9H2. The highest BCUT2D eigenvalue weighted by molar-refractivity contribution is 7.89. The van der Waals surface area contributed by atoms with Gasteiger partial charge in [0.05, 0.1) is 4.90 Å². The second-order valence-electron chi connectivity index (χ2n) is 4.21. The summed E-state index contributed by atoms with van der Waals surface area (Å²) in [6.07, 6.45) is 1.66. The highest BCUT2D eigenvalue weighted by Gasteiger charge is 2.29. The number of nitrogens with zero attached hydrogens (tertiary/aromatic N) is 1. The molecule has 1 aromatic rings. The topological polar surface area (TPSA) is 57.6 Å². The van der Waals surface area contributed by atoms with Crippen LogP contribution in [0.4, 0.5) is 4.39 Å². The zero-order chi connectivity index (χ0) is 13.9. The Morgan fingerprint density at radius 3 is 2.63 bits per heavy atom. The van der Waals surface area contributed by atoms with E-state index in [1.165, 1.54) is 10.4 Å². The fourth-order valence-electron chi connectivity index (χ4n) is 2.03. The maximum Gasteiger partial charge on any atom is 0.244 e. The van der Waals surface area contributed by atoms with Crippen LogP contribution >= 0.6 is 0 Å². The fraction of sp³-hybridized carbons (Fsp3) is 0.385. The van der Waals surface area contributed by atoms with Gasteiger partial charge in [0, 0.05) is 18.7 Å². The summed E-state index contributed by atoms with van der Waals surface area (Å²) in [6, 6.07) is 3.41. The lowest BCUT2D eigenvalue weighted by Gasteiger charge is -2.16. The molecule has 6 heteroatoms. The molecule has 0 aromatic heterocycles. The first-order chi connectivity index (χ1) is 9.05. The maximum absolute atomic E-state index is 13.2. The highest BCUT2D eigenvalue weighted by Crippen LogP contribution is 2.24. The highest BCUT2D eigenvalue weighted by atomic mass is 32.2. The second-order valence-corrected chi connectivity index (χ2v) is 6.12. The van der Waals surface area contributed by atoms with Crippen molar-refractivity contribution in [2.45, 2.75) is 17.7 Å². The van der Waals surface area contributed by atoms with E-state index in [1.54, 1.807) is 0 Å². The molecule has 1 heterocycles. The van der Waals surface area contributed by atoms with Crippen LogP contribution < -0.4 is 0 Å². The summed E-state index contributed by atoms with van der Waals surface area (Å²) in [5, 5.41) is 8.67. The minimum absolute atomic E-state index is 0.00301. The quantitative estimate of drug-likeness (QED) is 0.822. The van der Waals surface area contributed by atoms with Gasteiger partial charge in [0.2, 0.25) is 10.0 Å². The van der Waals surface area contributed by atoms with Gasteiger partial charge in [-0.2, -0.15) is 4.31 Å². The lowest BCUT2D eigenvalue weighted by Crippen LogP contribution is -2.28. The molecule has 19 heavy (non-hydrogen) atoms. The van der Waals surface area contributed by atoms with Gasteiger partial charge in [-0.1, -0.05) is 11.8 Å². The van der Waals surface area contributed by atoms with E-state index in [-0.39, 0.29) is 10.5 Å². The van der Waals surface area contributed by atoms with Crippen molar-refractivity contribution >= 4 is 10.0 Å². The number of hydrogen-bond donors (Lipinski definition) is 1. The fourth-order valence-corrected chi connectivity index (χ4v) is 3.67.